The van der Waals surface area contributed by atoms with Crippen molar-refractivity contribution in [2.45, 2.75) is 25.8 Å². The third kappa shape index (κ3) is 1.91. The lowest BCUT2D eigenvalue weighted by Crippen LogP contribution is -2.14. The Hall–Kier alpha value is -1.64. The molecule has 0 amide bonds. The number of hydrogen-bond donors (Lipinski definition) is 2. The minimum absolute atomic E-state index is 0.0868. The Morgan fingerprint density at radius 1 is 1.40 bits per heavy atom. The maximum Gasteiger partial charge on any atom is 0.238 e. The van der Waals surface area contributed by atoms with Gasteiger partial charge in [0, 0.05) is 0 Å². The number of nitrogens with one attached hydrogen (secondary N) is 2. The van der Waals surface area contributed by atoms with Gasteiger partial charge in [0.2, 0.25) is 4.77 Å². The molecule has 80 valence electrons. The molecular formula is C6H10N8S. The van der Waals surface area contributed by atoms with Crippen molar-refractivity contribution < 1.29 is 0 Å². The van der Waals surface area contributed by atoms with Crippen LogP contribution in [0.15, 0.2) is 0 Å². The van der Waals surface area contributed by atoms with Gasteiger partial charge >= 0.3 is 0 Å². The normalized spacial score (nSPS) is 12.9. The smallest absolute Gasteiger partial charge is 0.231 e. The standard InChI is InChI=1S/C6H10N8S/c1-2-3-4(5-7-10-11-8-5)14-6(15)9-12-13-14/h4H,2-3H2,1H3,(H,9,13,15)(H,7,8,10,11). The van der Waals surface area contributed by atoms with E-state index in [1.165, 1.54) is 0 Å². The minimum Gasteiger partial charge on any atom is -0.231 e. The molecule has 0 bridgehead atoms. The van der Waals surface area contributed by atoms with Crippen LogP contribution in [0.2, 0.25) is 0 Å². The molecule has 1 atom stereocenters. The van der Waals surface area contributed by atoms with Gasteiger partial charge in [0.25, 0.3) is 0 Å². The Kier molecular flexibility index (Phi) is 2.81. The second kappa shape index (κ2) is 4.26. The van der Waals surface area contributed by atoms with E-state index in [1.54, 1.807) is 4.68 Å². The summed E-state index contributed by atoms with van der Waals surface area (Å²) in [7, 11) is 0. The Morgan fingerprint density at radius 3 is 2.80 bits per heavy atom. The topological polar surface area (TPSA) is 101 Å². The number of aromatic nitrogens is 8. The first kappa shape index (κ1) is 9.90. The Bertz CT molecular complexity index is 455. The molecule has 0 radical (unpaired) electrons. The summed E-state index contributed by atoms with van der Waals surface area (Å²) in [5.41, 5.74) is 0. The van der Waals surface area contributed by atoms with Crippen LogP contribution in [0.5, 0.6) is 0 Å². The molecule has 1 unspecified atom stereocenters. The van der Waals surface area contributed by atoms with E-state index in [0.717, 1.165) is 12.8 Å². The van der Waals surface area contributed by atoms with Crippen LogP contribution in [0.3, 0.4) is 0 Å². The maximum atomic E-state index is 5.02. The summed E-state index contributed by atoms with van der Waals surface area (Å²) < 4.78 is 2.04. The Morgan fingerprint density at radius 2 is 2.27 bits per heavy atom. The zero-order chi connectivity index (χ0) is 10.7. The molecule has 0 aliphatic rings. The van der Waals surface area contributed by atoms with Gasteiger partial charge in [0.1, 0.15) is 6.04 Å². The second-order valence-electron chi connectivity index (χ2n) is 3.03. The fourth-order valence-electron chi connectivity index (χ4n) is 1.37. The summed E-state index contributed by atoms with van der Waals surface area (Å²) in [4.78, 5) is 0. The molecule has 8 nitrogen and oxygen atoms in total. The van der Waals surface area contributed by atoms with E-state index in [9.17, 15) is 0 Å². The highest BCUT2D eigenvalue weighted by Crippen LogP contribution is 2.17. The first-order chi connectivity index (χ1) is 7.33. The first-order valence-corrected chi connectivity index (χ1v) is 4.96. The molecular weight excluding hydrogens is 216 g/mol. The van der Waals surface area contributed by atoms with Crippen molar-refractivity contribution in [2.24, 2.45) is 0 Å². The van der Waals surface area contributed by atoms with Crippen molar-refractivity contribution in [1.82, 2.24) is 40.8 Å². The van der Waals surface area contributed by atoms with Crippen LogP contribution in [0.4, 0.5) is 0 Å². The van der Waals surface area contributed by atoms with Gasteiger partial charge in [0.05, 0.1) is 0 Å². The van der Waals surface area contributed by atoms with Crippen molar-refractivity contribution in [2.75, 3.05) is 0 Å². The molecule has 0 saturated heterocycles. The molecule has 0 aromatic carbocycles. The number of rotatable bonds is 4. The molecule has 2 N–H and O–H groups in total. The van der Waals surface area contributed by atoms with Gasteiger partial charge in [-0.3, -0.25) is 0 Å². The second-order valence-corrected chi connectivity index (χ2v) is 3.39. The highest BCUT2D eigenvalue weighted by molar-refractivity contribution is 7.71. The van der Waals surface area contributed by atoms with E-state index in [1.807, 2.05) is 0 Å². The van der Waals surface area contributed by atoms with Crippen LogP contribution in [-0.4, -0.2) is 40.8 Å². The quantitative estimate of drug-likeness (QED) is 0.724. The van der Waals surface area contributed by atoms with Crippen LogP contribution in [0.25, 0.3) is 0 Å². The fourth-order valence-corrected chi connectivity index (χ4v) is 1.57. The van der Waals surface area contributed by atoms with Crippen LogP contribution in [-0.2, 0) is 0 Å². The SMILES string of the molecule is CCCC(c1nn[nH]n1)n1[nH]nnc1=S. The monoisotopic (exact) mass is 226 g/mol. The predicted molar refractivity (Wildman–Crippen MR) is 52.4 cm³/mol. The predicted octanol–water partition coefficient (Wildman–Crippen LogP) is 0.238. The minimum atomic E-state index is -0.0868. The van der Waals surface area contributed by atoms with Crippen LogP contribution >= 0.6 is 12.2 Å². The van der Waals surface area contributed by atoms with Gasteiger partial charge in [-0.1, -0.05) is 28.9 Å². The van der Waals surface area contributed by atoms with E-state index < -0.39 is 0 Å². The lowest BCUT2D eigenvalue weighted by Gasteiger charge is -2.11. The molecule has 2 aromatic rings. The van der Waals surface area contributed by atoms with Crippen molar-refractivity contribution in [1.29, 1.82) is 0 Å². The molecule has 9 heteroatoms. The third-order valence-electron chi connectivity index (χ3n) is 2.03. The van der Waals surface area contributed by atoms with E-state index in [2.05, 4.69) is 43.1 Å². The zero-order valence-electron chi connectivity index (χ0n) is 8.08. The van der Waals surface area contributed by atoms with Gasteiger partial charge in [-0.25, -0.2) is 4.68 Å². The summed E-state index contributed by atoms with van der Waals surface area (Å²) in [5, 5.41) is 23.9. The summed E-state index contributed by atoms with van der Waals surface area (Å²) in [5.74, 6) is 0.582. The van der Waals surface area contributed by atoms with Gasteiger partial charge in [-0.2, -0.15) is 10.4 Å². The van der Waals surface area contributed by atoms with Crippen molar-refractivity contribution in [3.63, 3.8) is 0 Å². The molecule has 0 aliphatic carbocycles. The first-order valence-electron chi connectivity index (χ1n) is 4.56. The van der Waals surface area contributed by atoms with Gasteiger partial charge in [-0.15, -0.1) is 10.2 Å². The molecule has 15 heavy (non-hydrogen) atoms. The fraction of sp³-hybridized carbons (Fsp3) is 0.667. The van der Waals surface area contributed by atoms with Crippen LogP contribution in [0.1, 0.15) is 31.6 Å². The number of aromatic amines is 2. The number of tetrazole rings is 2. The van der Waals surface area contributed by atoms with Crippen LogP contribution < -0.4 is 0 Å². The summed E-state index contributed by atoms with van der Waals surface area (Å²) in [6.45, 7) is 2.07. The van der Waals surface area contributed by atoms with E-state index in [4.69, 9.17) is 12.2 Å². The maximum absolute atomic E-state index is 5.02. The number of hydrogen-bond acceptors (Lipinski definition) is 6. The number of H-pyrrole nitrogens is 2. The van der Waals surface area contributed by atoms with Gasteiger partial charge in [0.15, 0.2) is 5.82 Å². The summed E-state index contributed by atoms with van der Waals surface area (Å²) in [6, 6.07) is -0.0868. The lowest BCUT2D eigenvalue weighted by molar-refractivity contribution is 0.447. The number of nitrogens with zero attached hydrogens (tertiary/aromatic N) is 6. The van der Waals surface area contributed by atoms with E-state index in [0.29, 0.717) is 10.6 Å². The summed E-state index contributed by atoms with van der Waals surface area (Å²) in [6.07, 6.45) is 1.82. The van der Waals surface area contributed by atoms with Crippen molar-refractivity contribution >= 4 is 12.2 Å². The molecule has 0 fully saturated rings. The molecule has 2 rings (SSSR count). The van der Waals surface area contributed by atoms with Crippen molar-refractivity contribution in [3.8, 4) is 0 Å². The lowest BCUT2D eigenvalue weighted by atomic mass is 10.1. The van der Waals surface area contributed by atoms with Crippen molar-refractivity contribution in [3.05, 3.63) is 10.6 Å². The Labute approximate surface area is 90.1 Å². The molecule has 0 spiro atoms. The molecule has 2 heterocycles. The highest BCUT2D eigenvalue weighted by atomic mass is 32.1. The van der Waals surface area contributed by atoms with Gasteiger partial charge in [-0.05, 0) is 18.6 Å². The van der Waals surface area contributed by atoms with Gasteiger partial charge < -0.3 is 0 Å². The van der Waals surface area contributed by atoms with Crippen LogP contribution in [0, 0.1) is 4.77 Å². The third-order valence-corrected chi connectivity index (χ3v) is 2.31. The molecule has 0 saturated carbocycles. The van der Waals surface area contributed by atoms with E-state index in [-0.39, 0.29) is 6.04 Å². The average Bonchev–Trinajstić information content (AvgIpc) is 2.85. The summed E-state index contributed by atoms with van der Waals surface area (Å²) >= 11 is 5.02. The largest absolute Gasteiger partial charge is 0.238 e. The highest BCUT2D eigenvalue weighted by Gasteiger charge is 2.18. The molecule has 0 aliphatic heterocycles. The Balaban J connectivity index is 2.36. The average molecular weight is 226 g/mol. The molecule has 2 aromatic heterocycles. The van der Waals surface area contributed by atoms with E-state index >= 15 is 0 Å². The zero-order valence-corrected chi connectivity index (χ0v) is 8.90.